The Kier molecular flexibility index (Phi) is 4.61. The molecule has 0 saturated carbocycles. The number of nitrogens with zero attached hydrogens (tertiary/aromatic N) is 4. The van der Waals surface area contributed by atoms with Gasteiger partial charge in [0, 0.05) is 15.7 Å². The summed E-state index contributed by atoms with van der Waals surface area (Å²) in [7, 11) is 0. The molecule has 0 atom stereocenters. The number of carbonyl (C=O) groups excluding carboxylic acids is 1. The molecule has 0 aliphatic rings. The highest BCUT2D eigenvalue weighted by atomic mass is 79.9. The van der Waals surface area contributed by atoms with E-state index in [2.05, 4.69) is 36.3 Å². The molecule has 0 fully saturated rings. The van der Waals surface area contributed by atoms with Crippen molar-refractivity contribution in [3.63, 3.8) is 0 Å². The Balaban J connectivity index is 1.98. The zero-order valence-corrected chi connectivity index (χ0v) is 14.5. The maximum Gasteiger partial charge on any atom is 0.258 e. The minimum atomic E-state index is -0.410. The zero-order chi connectivity index (χ0) is 16.4. The van der Waals surface area contributed by atoms with E-state index in [-0.39, 0.29) is 10.7 Å². The molecule has 9 heteroatoms. The molecule has 1 N–H and O–H groups in total. The van der Waals surface area contributed by atoms with Gasteiger partial charge in [-0.3, -0.25) is 4.79 Å². The van der Waals surface area contributed by atoms with Crippen LogP contribution >= 0.6 is 39.1 Å². The quantitative estimate of drug-likeness (QED) is 0.660. The van der Waals surface area contributed by atoms with E-state index in [1.54, 1.807) is 24.3 Å². The van der Waals surface area contributed by atoms with Crippen LogP contribution in [-0.4, -0.2) is 25.7 Å². The van der Waals surface area contributed by atoms with Gasteiger partial charge in [-0.1, -0.05) is 23.2 Å². The molecule has 0 unspecified atom stereocenters. The minimum absolute atomic E-state index is 0.107. The zero-order valence-electron chi connectivity index (χ0n) is 11.4. The third kappa shape index (κ3) is 3.52. The second kappa shape index (κ2) is 6.66. The number of anilines is 1. The maximum atomic E-state index is 12.5. The number of rotatable bonds is 3. The fourth-order valence-electron chi connectivity index (χ4n) is 1.91. The van der Waals surface area contributed by atoms with Gasteiger partial charge in [-0.2, -0.15) is 5.10 Å². The second-order valence-electron chi connectivity index (χ2n) is 4.45. The van der Waals surface area contributed by atoms with Crippen LogP contribution in [0.2, 0.25) is 10.2 Å². The molecule has 1 aromatic carbocycles. The molecule has 0 aliphatic carbocycles. The standard InChI is InChI=1S/C14H8BrCl2N5O/c15-8-3-10(13(17)19-5-8)14(23)21-11-4-9(16)1-2-12(11)22-7-18-6-20-22/h1-7H,(H,21,23). The Morgan fingerprint density at radius 2 is 2.09 bits per heavy atom. The van der Waals surface area contributed by atoms with Crippen molar-refractivity contribution in [3.8, 4) is 5.69 Å². The molecule has 0 saturated heterocycles. The van der Waals surface area contributed by atoms with Crippen molar-refractivity contribution in [2.45, 2.75) is 0 Å². The van der Waals surface area contributed by atoms with E-state index in [1.165, 1.54) is 23.5 Å². The normalized spacial score (nSPS) is 10.6. The van der Waals surface area contributed by atoms with Crippen molar-refractivity contribution < 1.29 is 4.79 Å². The Labute approximate surface area is 149 Å². The number of halogens is 3. The molecule has 1 amide bonds. The number of benzene rings is 1. The number of pyridine rings is 1. The van der Waals surface area contributed by atoms with E-state index in [1.807, 2.05) is 0 Å². The number of amides is 1. The molecule has 0 bridgehead atoms. The largest absolute Gasteiger partial charge is 0.320 e. The third-order valence-electron chi connectivity index (χ3n) is 2.92. The summed E-state index contributed by atoms with van der Waals surface area (Å²) in [5.41, 5.74) is 1.34. The smallest absolute Gasteiger partial charge is 0.258 e. The van der Waals surface area contributed by atoms with E-state index in [4.69, 9.17) is 23.2 Å². The summed E-state index contributed by atoms with van der Waals surface area (Å²) in [5, 5.41) is 7.40. The van der Waals surface area contributed by atoms with E-state index < -0.39 is 5.91 Å². The molecular formula is C14H8BrCl2N5O. The van der Waals surface area contributed by atoms with Gasteiger partial charge in [0.2, 0.25) is 0 Å². The SMILES string of the molecule is O=C(Nc1cc(Cl)ccc1-n1cncn1)c1cc(Br)cnc1Cl. The lowest BCUT2D eigenvalue weighted by atomic mass is 10.2. The van der Waals surface area contributed by atoms with Crippen LogP contribution in [-0.2, 0) is 0 Å². The van der Waals surface area contributed by atoms with E-state index in [0.717, 1.165) is 0 Å². The van der Waals surface area contributed by atoms with Crippen molar-refractivity contribution >= 4 is 50.7 Å². The highest BCUT2D eigenvalue weighted by molar-refractivity contribution is 9.10. The first-order chi connectivity index (χ1) is 11.0. The predicted molar refractivity (Wildman–Crippen MR) is 91.3 cm³/mol. The topological polar surface area (TPSA) is 72.7 Å². The van der Waals surface area contributed by atoms with Gasteiger partial charge in [-0.05, 0) is 40.2 Å². The summed E-state index contributed by atoms with van der Waals surface area (Å²) in [6.07, 6.45) is 4.43. The molecule has 0 radical (unpaired) electrons. The molecule has 2 aromatic heterocycles. The van der Waals surface area contributed by atoms with E-state index in [0.29, 0.717) is 20.9 Å². The van der Waals surface area contributed by atoms with E-state index >= 15 is 0 Å². The van der Waals surface area contributed by atoms with Crippen molar-refractivity contribution in [2.75, 3.05) is 5.32 Å². The highest BCUT2D eigenvalue weighted by Crippen LogP contribution is 2.26. The number of carbonyl (C=O) groups is 1. The van der Waals surface area contributed by atoms with Crippen LogP contribution in [0.3, 0.4) is 0 Å². The highest BCUT2D eigenvalue weighted by Gasteiger charge is 2.15. The number of hydrogen-bond donors (Lipinski definition) is 1. The summed E-state index contributed by atoms with van der Waals surface area (Å²) in [6, 6.07) is 6.63. The number of aromatic nitrogens is 4. The van der Waals surface area contributed by atoms with Crippen LogP contribution in [0, 0.1) is 0 Å². The summed E-state index contributed by atoms with van der Waals surface area (Å²) in [6.45, 7) is 0. The van der Waals surface area contributed by atoms with Crippen LogP contribution < -0.4 is 5.32 Å². The molecule has 3 rings (SSSR count). The monoisotopic (exact) mass is 411 g/mol. The lowest BCUT2D eigenvalue weighted by Crippen LogP contribution is -2.15. The molecule has 0 aliphatic heterocycles. The number of hydrogen-bond acceptors (Lipinski definition) is 4. The average molecular weight is 413 g/mol. The van der Waals surface area contributed by atoms with Gasteiger partial charge in [-0.25, -0.2) is 14.6 Å². The van der Waals surface area contributed by atoms with Gasteiger partial charge in [0.25, 0.3) is 5.91 Å². The van der Waals surface area contributed by atoms with Crippen molar-refractivity contribution in [3.05, 3.63) is 63.3 Å². The first-order valence-electron chi connectivity index (χ1n) is 6.31. The molecular weight excluding hydrogens is 405 g/mol. The first kappa shape index (κ1) is 15.9. The second-order valence-corrected chi connectivity index (χ2v) is 6.16. The summed E-state index contributed by atoms with van der Waals surface area (Å²) >= 11 is 15.3. The van der Waals surface area contributed by atoms with Gasteiger partial charge < -0.3 is 5.32 Å². The third-order valence-corrected chi connectivity index (χ3v) is 3.89. The predicted octanol–water partition coefficient (Wildman–Crippen LogP) is 3.98. The van der Waals surface area contributed by atoms with Crippen LogP contribution in [0.25, 0.3) is 5.69 Å². The minimum Gasteiger partial charge on any atom is -0.320 e. The summed E-state index contributed by atoms with van der Waals surface area (Å²) in [5.74, 6) is -0.410. The lowest BCUT2D eigenvalue weighted by Gasteiger charge is -2.12. The van der Waals surface area contributed by atoms with Crippen LogP contribution in [0.4, 0.5) is 5.69 Å². The molecule has 23 heavy (non-hydrogen) atoms. The average Bonchev–Trinajstić information content (AvgIpc) is 3.04. The lowest BCUT2D eigenvalue weighted by molar-refractivity contribution is 0.102. The Morgan fingerprint density at radius 3 is 2.83 bits per heavy atom. The first-order valence-corrected chi connectivity index (χ1v) is 7.86. The Bertz CT molecular complexity index is 870. The van der Waals surface area contributed by atoms with Crippen molar-refractivity contribution in [1.29, 1.82) is 0 Å². The Morgan fingerprint density at radius 1 is 1.26 bits per heavy atom. The van der Waals surface area contributed by atoms with E-state index in [9.17, 15) is 4.79 Å². The van der Waals surface area contributed by atoms with Crippen LogP contribution in [0.15, 0.2) is 47.6 Å². The fourth-order valence-corrected chi connectivity index (χ4v) is 2.60. The summed E-state index contributed by atoms with van der Waals surface area (Å²) < 4.78 is 2.17. The van der Waals surface area contributed by atoms with Crippen molar-refractivity contribution in [1.82, 2.24) is 19.7 Å². The number of nitrogens with one attached hydrogen (secondary N) is 1. The van der Waals surface area contributed by atoms with Gasteiger partial charge in [0.15, 0.2) is 0 Å². The van der Waals surface area contributed by atoms with Gasteiger partial charge in [0.1, 0.15) is 17.8 Å². The molecule has 116 valence electrons. The van der Waals surface area contributed by atoms with Gasteiger partial charge in [0.05, 0.1) is 16.9 Å². The maximum absolute atomic E-state index is 12.5. The fraction of sp³-hybridized carbons (Fsp3) is 0. The van der Waals surface area contributed by atoms with Gasteiger partial charge in [-0.15, -0.1) is 0 Å². The van der Waals surface area contributed by atoms with Gasteiger partial charge >= 0.3 is 0 Å². The van der Waals surface area contributed by atoms with Crippen LogP contribution in [0.5, 0.6) is 0 Å². The Hall–Kier alpha value is -1.96. The summed E-state index contributed by atoms with van der Waals surface area (Å²) in [4.78, 5) is 20.3. The van der Waals surface area contributed by atoms with Crippen LogP contribution in [0.1, 0.15) is 10.4 Å². The molecule has 0 spiro atoms. The molecule has 2 heterocycles. The molecule has 6 nitrogen and oxygen atoms in total. The van der Waals surface area contributed by atoms with Crippen molar-refractivity contribution in [2.24, 2.45) is 0 Å². The molecule has 3 aromatic rings.